The Hall–Kier alpha value is -1.00. The van der Waals surface area contributed by atoms with Crippen molar-refractivity contribution >= 4 is 22.9 Å². The molecule has 140 valence electrons. The second-order valence-corrected chi connectivity index (χ2v) is 6.05. The van der Waals surface area contributed by atoms with Crippen LogP contribution in [0.15, 0.2) is 24.4 Å². The van der Waals surface area contributed by atoms with E-state index in [2.05, 4.69) is 25.3 Å². The van der Waals surface area contributed by atoms with E-state index in [1.807, 2.05) is 32.7 Å². The lowest BCUT2D eigenvalue weighted by Crippen LogP contribution is -2.29. The van der Waals surface area contributed by atoms with E-state index in [0.29, 0.717) is 10.6 Å². The molecule has 4 heteroatoms. The van der Waals surface area contributed by atoms with Gasteiger partial charge in [0.05, 0.1) is 10.6 Å². The van der Waals surface area contributed by atoms with E-state index in [1.165, 1.54) is 25.9 Å². The molecular formula is C20H38N2OS. The molecule has 0 aromatic rings. The number of thiocarbonyl (C=S) groups is 1. The first-order valence-corrected chi connectivity index (χ1v) is 9.72. The van der Waals surface area contributed by atoms with Gasteiger partial charge in [0.15, 0.2) is 0 Å². The summed E-state index contributed by atoms with van der Waals surface area (Å²) in [5.41, 5.74) is 0.488. The maximum atomic E-state index is 12.0. The highest BCUT2D eigenvalue weighted by Gasteiger charge is 2.14. The molecule has 0 saturated carbocycles. The van der Waals surface area contributed by atoms with E-state index >= 15 is 0 Å². The number of rotatable bonds is 13. The van der Waals surface area contributed by atoms with Gasteiger partial charge < -0.3 is 9.80 Å². The van der Waals surface area contributed by atoms with E-state index in [1.54, 1.807) is 12.2 Å². The highest BCUT2D eigenvalue weighted by atomic mass is 32.1. The van der Waals surface area contributed by atoms with Gasteiger partial charge in [-0.05, 0) is 58.3 Å². The lowest BCUT2D eigenvalue weighted by Gasteiger charge is -2.23. The van der Waals surface area contributed by atoms with Gasteiger partial charge in [0.25, 0.3) is 0 Å². The summed E-state index contributed by atoms with van der Waals surface area (Å²) >= 11 is 5.07. The van der Waals surface area contributed by atoms with Crippen LogP contribution in [0.4, 0.5) is 0 Å². The Morgan fingerprint density at radius 3 is 2.00 bits per heavy atom. The number of hydrogen-bond donors (Lipinski definition) is 0. The summed E-state index contributed by atoms with van der Waals surface area (Å²) < 4.78 is 0. The van der Waals surface area contributed by atoms with Crippen LogP contribution in [-0.2, 0) is 4.79 Å². The van der Waals surface area contributed by atoms with Gasteiger partial charge in [-0.3, -0.25) is 4.79 Å². The topological polar surface area (TPSA) is 23.6 Å². The van der Waals surface area contributed by atoms with Crippen LogP contribution in [0.2, 0.25) is 0 Å². The number of carbonyl (C=O) groups excluding carboxylic acids is 1. The molecule has 0 aliphatic rings. The average Bonchev–Trinajstić information content (AvgIpc) is 2.59. The molecule has 3 nitrogen and oxygen atoms in total. The van der Waals surface area contributed by atoms with E-state index < -0.39 is 0 Å². The fourth-order valence-electron chi connectivity index (χ4n) is 2.33. The highest BCUT2D eigenvalue weighted by molar-refractivity contribution is 7.82. The van der Waals surface area contributed by atoms with Crippen molar-refractivity contribution in [2.45, 2.75) is 60.3 Å². The summed E-state index contributed by atoms with van der Waals surface area (Å²) in [4.78, 5) is 16.8. The Kier molecular flexibility index (Phi) is 17.7. The van der Waals surface area contributed by atoms with Crippen LogP contribution in [-0.4, -0.2) is 53.7 Å². The summed E-state index contributed by atoms with van der Waals surface area (Å²) in [6.45, 7) is 18.5. The smallest absolute Gasteiger partial charge is 0.219 e. The predicted molar refractivity (Wildman–Crippen MR) is 112 cm³/mol. The largest absolute Gasteiger partial charge is 0.372 e. The molecule has 0 fully saturated rings. The summed E-state index contributed by atoms with van der Waals surface area (Å²) in [7, 11) is 1.91. The zero-order chi connectivity index (χ0) is 19.0. The number of ketones is 1. The SMILES string of the molecule is C=C(C(=O)C(=S)/C=C/C)N(C)CCCCN(CCC)CCC.CC. The molecule has 0 aromatic carbocycles. The van der Waals surface area contributed by atoms with E-state index in [0.717, 1.165) is 25.9 Å². The van der Waals surface area contributed by atoms with Gasteiger partial charge in [-0.2, -0.15) is 0 Å². The molecule has 0 bridgehead atoms. The van der Waals surface area contributed by atoms with Crippen LogP contribution in [0.5, 0.6) is 0 Å². The van der Waals surface area contributed by atoms with Crippen molar-refractivity contribution in [1.29, 1.82) is 0 Å². The maximum Gasteiger partial charge on any atom is 0.219 e. The lowest BCUT2D eigenvalue weighted by molar-refractivity contribution is -0.110. The lowest BCUT2D eigenvalue weighted by atomic mass is 10.2. The average molecular weight is 355 g/mol. The monoisotopic (exact) mass is 354 g/mol. The van der Waals surface area contributed by atoms with Crippen LogP contribution in [0, 0.1) is 0 Å². The zero-order valence-electron chi connectivity index (χ0n) is 16.7. The van der Waals surface area contributed by atoms with Crippen LogP contribution < -0.4 is 0 Å². The van der Waals surface area contributed by atoms with Crippen molar-refractivity contribution in [3.63, 3.8) is 0 Å². The van der Waals surface area contributed by atoms with Gasteiger partial charge in [0.2, 0.25) is 5.78 Å². The van der Waals surface area contributed by atoms with Crippen molar-refractivity contribution in [2.75, 3.05) is 33.2 Å². The highest BCUT2D eigenvalue weighted by Crippen LogP contribution is 2.06. The van der Waals surface area contributed by atoms with Crippen LogP contribution in [0.1, 0.15) is 60.3 Å². The van der Waals surface area contributed by atoms with Gasteiger partial charge >= 0.3 is 0 Å². The molecule has 0 atom stereocenters. The van der Waals surface area contributed by atoms with E-state index in [-0.39, 0.29) is 5.78 Å². The first-order valence-electron chi connectivity index (χ1n) is 9.31. The normalized spacial score (nSPS) is 10.5. The van der Waals surface area contributed by atoms with Gasteiger partial charge in [-0.1, -0.05) is 52.6 Å². The minimum atomic E-state index is -0.144. The molecular weight excluding hydrogens is 316 g/mol. The second-order valence-electron chi connectivity index (χ2n) is 5.61. The van der Waals surface area contributed by atoms with Crippen LogP contribution >= 0.6 is 12.2 Å². The number of carbonyl (C=O) groups is 1. The molecule has 0 aliphatic heterocycles. The van der Waals surface area contributed by atoms with Crippen molar-refractivity contribution in [1.82, 2.24) is 9.80 Å². The molecule has 0 aliphatic carbocycles. The molecule has 0 aromatic heterocycles. The number of nitrogens with zero attached hydrogens (tertiary/aromatic N) is 2. The molecule has 0 N–H and O–H groups in total. The fraction of sp³-hybridized carbons (Fsp3) is 0.700. The summed E-state index contributed by atoms with van der Waals surface area (Å²) in [6, 6.07) is 0. The molecule has 24 heavy (non-hydrogen) atoms. The Morgan fingerprint density at radius 2 is 1.54 bits per heavy atom. The van der Waals surface area contributed by atoms with Crippen molar-refractivity contribution in [3.05, 3.63) is 24.4 Å². The molecule has 0 amide bonds. The van der Waals surface area contributed by atoms with Crippen molar-refractivity contribution < 1.29 is 4.79 Å². The first-order chi connectivity index (χ1) is 11.5. The van der Waals surface area contributed by atoms with Gasteiger partial charge in [0, 0.05) is 13.6 Å². The molecule has 0 heterocycles. The van der Waals surface area contributed by atoms with E-state index in [9.17, 15) is 4.79 Å². The minimum absolute atomic E-state index is 0.144. The Labute approximate surface area is 155 Å². The number of allylic oxidation sites excluding steroid dienone is 3. The third-order valence-electron chi connectivity index (χ3n) is 3.56. The van der Waals surface area contributed by atoms with Crippen molar-refractivity contribution in [3.8, 4) is 0 Å². The standard InChI is InChI=1S/C18H32N2OS.C2H6/c1-6-11-17(22)18(21)16(4)19(5)14-9-10-15-20(12-7-2)13-8-3;1-2/h6,11H,4,7-10,12-15H2,1-3,5H3;1-2H3/b11-6+;. The quantitative estimate of drug-likeness (QED) is 0.267. The fourth-order valence-corrected chi connectivity index (χ4v) is 2.58. The minimum Gasteiger partial charge on any atom is -0.372 e. The Morgan fingerprint density at radius 1 is 1.04 bits per heavy atom. The number of hydrogen-bond acceptors (Lipinski definition) is 4. The first kappa shape index (κ1) is 25.2. The maximum absolute atomic E-state index is 12.0. The van der Waals surface area contributed by atoms with E-state index in [4.69, 9.17) is 12.2 Å². The van der Waals surface area contributed by atoms with Crippen LogP contribution in [0.25, 0.3) is 0 Å². The summed E-state index contributed by atoms with van der Waals surface area (Å²) in [5.74, 6) is -0.144. The molecule has 0 unspecified atom stereocenters. The Balaban J connectivity index is 0. The molecule has 0 rings (SSSR count). The van der Waals surface area contributed by atoms with Gasteiger partial charge in [-0.15, -0.1) is 0 Å². The summed E-state index contributed by atoms with van der Waals surface area (Å²) in [5, 5.41) is 0. The Bertz CT molecular complexity index is 385. The number of Topliss-reactive ketones (excluding diaryl/α,β-unsaturated/α-hetero) is 1. The van der Waals surface area contributed by atoms with Crippen molar-refractivity contribution in [2.24, 2.45) is 0 Å². The summed E-state index contributed by atoms with van der Waals surface area (Å²) in [6.07, 6.45) is 8.04. The molecule has 0 spiro atoms. The predicted octanol–water partition coefficient (Wildman–Crippen LogP) is 4.88. The zero-order valence-corrected chi connectivity index (χ0v) is 17.5. The number of unbranched alkanes of at least 4 members (excludes halogenated alkanes) is 1. The number of likely N-dealkylation sites (N-methyl/N-ethyl adjacent to an activating group) is 1. The third kappa shape index (κ3) is 11.5. The molecule has 0 radical (unpaired) electrons. The van der Waals surface area contributed by atoms with Crippen LogP contribution in [0.3, 0.4) is 0 Å². The van der Waals surface area contributed by atoms with Gasteiger partial charge in [0.1, 0.15) is 0 Å². The second kappa shape index (κ2) is 16.8. The third-order valence-corrected chi connectivity index (χ3v) is 3.88. The molecule has 0 saturated heterocycles. The van der Waals surface area contributed by atoms with Gasteiger partial charge in [-0.25, -0.2) is 0 Å².